The van der Waals surface area contributed by atoms with Crippen LogP contribution in [0.2, 0.25) is 5.02 Å². The van der Waals surface area contributed by atoms with Gasteiger partial charge in [0.05, 0.1) is 17.8 Å². The molecule has 1 aromatic carbocycles. The van der Waals surface area contributed by atoms with Gasteiger partial charge in [-0.15, -0.1) is 11.3 Å². The molecule has 120 valence electrons. The van der Waals surface area contributed by atoms with Gasteiger partial charge in [-0.3, -0.25) is 4.98 Å². The minimum Gasteiger partial charge on any atom is -0.375 e. The SMILES string of the molecule is COC(C)c1nc(CN(C)c2ccnc3ccc(Cl)cc23)cs1. The molecule has 23 heavy (non-hydrogen) atoms. The second kappa shape index (κ2) is 6.83. The van der Waals surface area contributed by atoms with Crippen LogP contribution in [0.1, 0.15) is 23.7 Å². The molecule has 0 aliphatic heterocycles. The summed E-state index contributed by atoms with van der Waals surface area (Å²) < 4.78 is 5.32. The number of rotatable bonds is 5. The van der Waals surface area contributed by atoms with E-state index in [0.717, 1.165) is 33.8 Å². The Morgan fingerprint density at radius 3 is 2.96 bits per heavy atom. The van der Waals surface area contributed by atoms with Crippen molar-refractivity contribution in [1.82, 2.24) is 9.97 Å². The molecule has 2 aromatic heterocycles. The van der Waals surface area contributed by atoms with E-state index in [-0.39, 0.29) is 6.10 Å². The number of anilines is 1. The maximum absolute atomic E-state index is 6.14. The highest BCUT2D eigenvalue weighted by atomic mass is 35.5. The van der Waals surface area contributed by atoms with E-state index in [4.69, 9.17) is 16.3 Å². The minimum atomic E-state index is 0.0274. The lowest BCUT2D eigenvalue weighted by Crippen LogP contribution is -2.17. The summed E-state index contributed by atoms with van der Waals surface area (Å²) in [6.45, 7) is 2.73. The van der Waals surface area contributed by atoms with Gasteiger partial charge in [-0.1, -0.05) is 11.6 Å². The number of aromatic nitrogens is 2. The van der Waals surface area contributed by atoms with E-state index in [1.165, 1.54) is 0 Å². The lowest BCUT2D eigenvalue weighted by atomic mass is 10.1. The second-order valence-electron chi connectivity index (χ2n) is 5.40. The maximum Gasteiger partial charge on any atom is 0.122 e. The van der Waals surface area contributed by atoms with E-state index < -0.39 is 0 Å². The Hall–Kier alpha value is -1.69. The Bertz CT molecular complexity index is 820. The molecule has 1 atom stereocenters. The predicted molar refractivity (Wildman–Crippen MR) is 96.4 cm³/mol. The number of fused-ring (bicyclic) bond motifs is 1. The van der Waals surface area contributed by atoms with Crippen LogP contribution in [0.5, 0.6) is 0 Å². The molecule has 0 aliphatic carbocycles. The van der Waals surface area contributed by atoms with Crippen LogP contribution in [0.3, 0.4) is 0 Å². The number of hydrogen-bond acceptors (Lipinski definition) is 5. The van der Waals surface area contributed by atoms with Crippen LogP contribution in [-0.2, 0) is 11.3 Å². The molecular weight excluding hydrogens is 330 g/mol. The van der Waals surface area contributed by atoms with Crippen molar-refractivity contribution in [2.75, 3.05) is 19.1 Å². The van der Waals surface area contributed by atoms with Crippen molar-refractivity contribution in [3.63, 3.8) is 0 Å². The van der Waals surface area contributed by atoms with Gasteiger partial charge in [0.1, 0.15) is 11.1 Å². The molecule has 2 heterocycles. The third kappa shape index (κ3) is 3.47. The second-order valence-corrected chi connectivity index (χ2v) is 6.73. The molecular formula is C17H18ClN3OS. The van der Waals surface area contributed by atoms with Gasteiger partial charge in [-0.2, -0.15) is 0 Å². The van der Waals surface area contributed by atoms with Gasteiger partial charge in [0.25, 0.3) is 0 Å². The molecule has 0 radical (unpaired) electrons. The maximum atomic E-state index is 6.14. The number of benzene rings is 1. The van der Waals surface area contributed by atoms with Crippen molar-refractivity contribution >= 4 is 39.5 Å². The number of hydrogen-bond donors (Lipinski definition) is 0. The first-order valence-corrected chi connectivity index (χ1v) is 8.56. The van der Waals surface area contributed by atoms with Gasteiger partial charge < -0.3 is 9.64 Å². The lowest BCUT2D eigenvalue weighted by molar-refractivity contribution is 0.119. The largest absolute Gasteiger partial charge is 0.375 e. The average molecular weight is 348 g/mol. The highest BCUT2D eigenvalue weighted by molar-refractivity contribution is 7.09. The molecule has 1 unspecified atom stereocenters. The fraction of sp³-hybridized carbons (Fsp3) is 0.294. The zero-order valence-electron chi connectivity index (χ0n) is 13.3. The Labute approximate surface area is 144 Å². The molecule has 0 fully saturated rings. The van der Waals surface area contributed by atoms with E-state index in [2.05, 4.69) is 27.3 Å². The van der Waals surface area contributed by atoms with Gasteiger partial charge in [0.2, 0.25) is 0 Å². The topological polar surface area (TPSA) is 38.2 Å². The Morgan fingerprint density at radius 1 is 1.35 bits per heavy atom. The molecule has 0 amide bonds. The highest BCUT2D eigenvalue weighted by Gasteiger charge is 2.12. The predicted octanol–water partition coefficient (Wildman–Crippen LogP) is 4.69. The van der Waals surface area contributed by atoms with E-state index in [9.17, 15) is 0 Å². The number of methoxy groups -OCH3 is 1. The average Bonchev–Trinajstić information content (AvgIpc) is 3.01. The molecule has 0 saturated carbocycles. The molecule has 0 aliphatic rings. The summed E-state index contributed by atoms with van der Waals surface area (Å²) >= 11 is 7.77. The van der Waals surface area contributed by atoms with Gasteiger partial charge >= 0.3 is 0 Å². The van der Waals surface area contributed by atoms with Gasteiger partial charge in [0.15, 0.2) is 0 Å². The highest BCUT2D eigenvalue weighted by Crippen LogP contribution is 2.28. The van der Waals surface area contributed by atoms with Crippen molar-refractivity contribution in [2.45, 2.75) is 19.6 Å². The van der Waals surface area contributed by atoms with Crippen molar-refractivity contribution in [2.24, 2.45) is 0 Å². The summed E-state index contributed by atoms with van der Waals surface area (Å²) in [7, 11) is 3.75. The quantitative estimate of drug-likeness (QED) is 0.671. The summed E-state index contributed by atoms with van der Waals surface area (Å²) in [5.41, 5.74) is 3.06. The Morgan fingerprint density at radius 2 is 2.17 bits per heavy atom. The standard InChI is InChI=1S/C17H18ClN3OS/c1-11(22-3)17-20-13(10-23-17)9-21(2)16-6-7-19-15-5-4-12(18)8-14(15)16/h4-8,10-11H,9H2,1-3H3. The molecule has 6 heteroatoms. The first-order valence-electron chi connectivity index (χ1n) is 7.31. The molecule has 0 spiro atoms. The zero-order valence-corrected chi connectivity index (χ0v) is 14.9. The van der Waals surface area contributed by atoms with Gasteiger partial charge in [-0.25, -0.2) is 4.98 Å². The number of halogens is 1. The van der Waals surface area contributed by atoms with E-state index in [1.54, 1.807) is 18.4 Å². The number of pyridine rings is 1. The number of nitrogens with zero attached hydrogens (tertiary/aromatic N) is 3. The molecule has 3 rings (SSSR count). The van der Waals surface area contributed by atoms with Crippen molar-refractivity contribution < 1.29 is 4.74 Å². The first kappa shape index (κ1) is 16.2. The normalized spacial score (nSPS) is 12.5. The van der Waals surface area contributed by atoms with Crippen molar-refractivity contribution in [3.05, 3.63) is 51.6 Å². The molecule has 0 N–H and O–H groups in total. The molecule has 3 aromatic rings. The number of ether oxygens (including phenoxy) is 1. The number of thiazole rings is 1. The van der Waals surface area contributed by atoms with Crippen LogP contribution in [0.4, 0.5) is 5.69 Å². The van der Waals surface area contributed by atoms with Gasteiger partial charge in [0, 0.05) is 41.8 Å². The zero-order chi connectivity index (χ0) is 16.4. The third-order valence-electron chi connectivity index (χ3n) is 3.76. The monoisotopic (exact) mass is 347 g/mol. The summed E-state index contributed by atoms with van der Waals surface area (Å²) in [6.07, 6.45) is 1.85. The van der Waals surface area contributed by atoms with Crippen LogP contribution < -0.4 is 4.90 Å². The molecule has 0 saturated heterocycles. The smallest absolute Gasteiger partial charge is 0.122 e. The Kier molecular flexibility index (Phi) is 4.80. The summed E-state index contributed by atoms with van der Waals surface area (Å²) in [4.78, 5) is 11.2. The molecule has 4 nitrogen and oxygen atoms in total. The van der Waals surface area contributed by atoms with E-state index >= 15 is 0 Å². The van der Waals surface area contributed by atoms with Gasteiger partial charge in [-0.05, 0) is 31.2 Å². The fourth-order valence-corrected chi connectivity index (χ4v) is 3.46. The van der Waals surface area contributed by atoms with E-state index in [0.29, 0.717) is 5.02 Å². The van der Waals surface area contributed by atoms with Crippen LogP contribution in [-0.4, -0.2) is 24.1 Å². The minimum absolute atomic E-state index is 0.0274. The van der Waals surface area contributed by atoms with Crippen LogP contribution in [0.25, 0.3) is 10.9 Å². The summed E-state index contributed by atoms with van der Waals surface area (Å²) in [5, 5.41) is 4.84. The van der Waals surface area contributed by atoms with Crippen LogP contribution in [0.15, 0.2) is 35.8 Å². The van der Waals surface area contributed by atoms with Crippen LogP contribution in [0, 0.1) is 0 Å². The fourth-order valence-electron chi connectivity index (χ4n) is 2.45. The Balaban J connectivity index is 1.87. The summed E-state index contributed by atoms with van der Waals surface area (Å²) in [5.74, 6) is 0. The van der Waals surface area contributed by atoms with Crippen molar-refractivity contribution in [1.29, 1.82) is 0 Å². The third-order valence-corrected chi connectivity index (χ3v) is 5.05. The van der Waals surface area contributed by atoms with E-state index in [1.807, 2.05) is 37.4 Å². The molecule has 0 bridgehead atoms. The van der Waals surface area contributed by atoms with Crippen LogP contribution >= 0.6 is 22.9 Å². The lowest BCUT2D eigenvalue weighted by Gasteiger charge is -2.20. The summed E-state index contributed by atoms with van der Waals surface area (Å²) in [6, 6.07) is 7.76. The first-order chi connectivity index (χ1) is 11.1. The van der Waals surface area contributed by atoms with Crippen molar-refractivity contribution in [3.8, 4) is 0 Å².